The van der Waals surface area contributed by atoms with Gasteiger partial charge in [-0.25, -0.2) is 0 Å². The zero-order valence-electron chi connectivity index (χ0n) is 19.8. The lowest BCUT2D eigenvalue weighted by molar-refractivity contribution is -0.142. The second kappa shape index (κ2) is 16.0. The zero-order chi connectivity index (χ0) is 23.1. The number of aliphatic hydroxyl groups excluding tert-OH is 2. The van der Waals surface area contributed by atoms with Crippen molar-refractivity contribution in [1.82, 2.24) is 10.6 Å². The minimum Gasteiger partial charge on any atom is -0.481 e. The van der Waals surface area contributed by atoms with E-state index in [9.17, 15) is 20.1 Å². The number of hydrogen-bond donors (Lipinski definition) is 6. The molecule has 1 fully saturated rings. The molecular weight excluding hydrogens is 396 g/mol. The van der Waals surface area contributed by atoms with E-state index >= 15 is 0 Å². The molecule has 0 aromatic carbocycles. The molecular formula is C24H48N2O5. The molecule has 1 saturated heterocycles. The molecule has 0 aliphatic carbocycles. The van der Waals surface area contributed by atoms with E-state index in [0.29, 0.717) is 31.5 Å². The molecule has 0 unspecified atom stereocenters. The van der Waals surface area contributed by atoms with Gasteiger partial charge in [-0.05, 0) is 64.3 Å². The van der Waals surface area contributed by atoms with E-state index in [2.05, 4.69) is 17.6 Å². The molecule has 1 aliphatic heterocycles. The van der Waals surface area contributed by atoms with Crippen LogP contribution in [0.5, 0.6) is 0 Å². The number of hydrogen-bond acceptors (Lipinski definition) is 6. The second-order valence-electron chi connectivity index (χ2n) is 9.63. The number of carbonyl (C=O) groups is 1. The quantitative estimate of drug-likeness (QED) is 0.180. The van der Waals surface area contributed by atoms with Gasteiger partial charge in [0.15, 0.2) is 0 Å². The van der Waals surface area contributed by atoms with Crippen molar-refractivity contribution in [2.24, 2.45) is 5.92 Å². The zero-order valence-corrected chi connectivity index (χ0v) is 19.8. The smallest absolute Gasteiger partial charge is 0.306 e. The predicted molar refractivity (Wildman–Crippen MR) is 124 cm³/mol. The first kappa shape index (κ1) is 28.3. The van der Waals surface area contributed by atoms with Crippen LogP contribution in [0, 0.1) is 5.92 Å². The van der Waals surface area contributed by atoms with Gasteiger partial charge >= 0.3 is 5.97 Å². The van der Waals surface area contributed by atoms with Crippen molar-refractivity contribution in [3.8, 4) is 0 Å². The summed E-state index contributed by atoms with van der Waals surface area (Å²) in [5.41, 5.74) is -1.16. The van der Waals surface area contributed by atoms with E-state index in [1.807, 2.05) is 6.92 Å². The van der Waals surface area contributed by atoms with Crippen molar-refractivity contribution >= 4 is 5.97 Å². The van der Waals surface area contributed by atoms with Gasteiger partial charge in [-0.15, -0.1) is 0 Å². The highest BCUT2D eigenvalue weighted by atomic mass is 16.4. The van der Waals surface area contributed by atoms with Crippen LogP contribution < -0.4 is 10.6 Å². The maximum absolute atomic E-state index is 11.1. The Morgan fingerprint density at radius 3 is 2.48 bits per heavy atom. The predicted octanol–water partition coefficient (Wildman–Crippen LogP) is 2.81. The van der Waals surface area contributed by atoms with Crippen LogP contribution in [0.1, 0.15) is 97.3 Å². The highest BCUT2D eigenvalue weighted by Gasteiger charge is 2.29. The summed E-state index contributed by atoms with van der Waals surface area (Å²) < 4.78 is 0. The van der Waals surface area contributed by atoms with Gasteiger partial charge in [-0.1, -0.05) is 39.0 Å². The van der Waals surface area contributed by atoms with Crippen LogP contribution in [0.2, 0.25) is 0 Å². The Hall–Kier alpha value is -0.730. The highest BCUT2D eigenvalue weighted by Crippen LogP contribution is 2.26. The van der Waals surface area contributed by atoms with Crippen molar-refractivity contribution in [3.63, 3.8) is 0 Å². The van der Waals surface area contributed by atoms with Gasteiger partial charge in [-0.3, -0.25) is 4.79 Å². The van der Waals surface area contributed by atoms with Crippen LogP contribution in [0.15, 0.2) is 0 Å². The number of piperidine rings is 1. The molecule has 0 aromatic rings. The van der Waals surface area contributed by atoms with Gasteiger partial charge in [0.2, 0.25) is 0 Å². The monoisotopic (exact) mass is 444 g/mol. The third-order valence-corrected chi connectivity index (χ3v) is 6.77. The van der Waals surface area contributed by atoms with E-state index < -0.39 is 11.6 Å². The third-order valence-electron chi connectivity index (χ3n) is 6.77. The van der Waals surface area contributed by atoms with E-state index in [1.165, 1.54) is 0 Å². The van der Waals surface area contributed by atoms with Gasteiger partial charge < -0.3 is 31.1 Å². The fourth-order valence-electron chi connectivity index (χ4n) is 4.78. The summed E-state index contributed by atoms with van der Waals surface area (Å²) in [6.07, 6.45) is 11.4. The largest absolute Gasteiger partial charge is 0.481 e. The van der Waals surface area contributed by atoms with Gasteiger partial charge in [-0.2, -0.15) is 0 Å². The molecule has 5 atom stereocenters. The molecule has 0 radical (unpaired) electrons. The summed E-state index contributed by atoms with van der Waals surface area (Å²) in [5, 5.41) is 45.4. The van der Waals surface area contributed by atoms with Crippen LogP contribution in [-0.4, -0.2) is 69.9 Å². The van der Waals surface area contributed by atoms with Crippen molar-refractivity contribution in [3.05, 3.63) is 0 Å². The average Bonchev–Trinajstić information content (AvgIpc) is 2.72. The summed E-state index contributed by atoms with van der Waals surface area (Å²) in [4.78, 5) is 11.1. The molecule has 7 nitrogen and oxygen atoms in total. The van der Waals surface area contributed by atoms with Crippen molar-refractivity contribution in [2.45, 2.75) is 121 Å². The molecule has 1 heterocycles. The van der Waals surface area contributed by atoms with Crippen LogP contribution in [0.3, 0.4) is 0 Å². The molecule has 0 saturated carbocycles. The first-order valence-corrected chi connectivity index (χ1v) is 12.5. The molecule has 184 valence electrons. The lowest BCUT2D eigenvalue weighted by atomic mass is 9.87. The lowest BCUT2D eigenvalue weighted by Gasteiger charge is -2.33. The Morgan fingerprint density at radius 2 is 1.84 bits per heavy atom. The van der Waals surface area contributed by atoms with E-state index in [0.717, 1.165) is 70.6 Å². The Kier molecular flexibility index (Phi) is 14.6. The number of unbranched alkanes of at least 4 members (excludes halogenated alkanes) is 3. The minimum absolute atomic E-state index is 0.168. The molecule has 0 aromatic heterocycles. The van der Waals surface area contributed by atoms with Crippen LogP contribution in [-0.2, 0) is 4.79 Å². The normalized spacial score (nSPS) is 24.6. The fourth-order valence-corrected chi connectivity index (χ4v) is 4.78. The highest BCUT2D eigenvalue weighted by molar-refractivity contribution is 5.68. The number of nitrogens with one attached hydrogen (secondary N) is 2. The Morgan fingerprint density at radius 1 is 1.13 bits per heavy atom. The maximum atomic E-state index is 11.1. The summed E-state index contributed by atoms with van der Waals surface area (Å²) in [6.45, 7) is 5.28. The standard InChI is InChI=1S/C24H48N2O5/c1-3-25-18-24(31,17-23(29)30)15-7-5-4-6-9-20(10-8-16-27)11-12-21-13-14-22(28)19(2)26-21/h19-22,25-28,31H,3-18H2,1-2H3,(H,29,30)/t19-,20+,21+,22+,24+/m0/s1. The number of carboxylic acids is 1. The summed E-state index contributed by atoms with van der Waals surface area (Å²) in [5.74, 6) is -0.336. The molecule has 7 heteroatoms. The average molecular weight is 445 g/mol. The third kappa shape index (κ3) is 12.8. The van der Waals surface area contributed by atoms with Gasteiger partial charge in [0.05, 0.1) is 18.1 Å². The molecule has 1 rings (SSSR count). The molecule has 0 spiro atoms. The molecule has 1 aliphatic rings. The Balaban J connectivity index is 2.28. The first-order valence-electron chi connectivity index (χ1n) is 12.5. The van der Waals surface area contributed by atoms with E-state index in [4.69, 9.17) is 5.11 Å². The van der Waals surface area contributed by atoms with Crippen molar-refractivity contribution in [1.29, 1.82) is 0 Å². The fraction of sp³-hybridized carbons (Fsp3) is 0.958. The van der Waals surface area contributed by atoms with E-state index in [-0.39, 0.29) is 25.2 Å². The van der Waals surface area contributed by atoms with Gasteiger partial charge in [0, 0.05) is 25.2 Å². The van der Waals surface area contributed by atoms with Crippen LogP contribution >= 0.6 is 0 Å². The number of aliphatic carboxylic acids is 1. The summed E-state index contributed by atoms with van der Waals surface area (Å²) >= 11 is 0. The maximum Gasteiger partial charge on any atom is 0.306 e. The second-order valence-corrected chi connectivity index (χ2v) is 9.63. The topological polar surface area (TPSA) is 122 Å². The number of carboxylic acid groups (broad SMARTS) is 1. The molecule has 0 amide bonds. The van der Waals surface area contributed by atoms with Crippen molar-refractivity contribution in [2.75, 3.05) is 19.7 Å². The SMILES string of the molecule is CCNC[C@@](O)(CCCCCC[C@H](CCCO)CC[C@@H]1CC[C@@H](O)[C@H](C)N1)CC(=O)O. The first-order chi connectivity index (χ1) is 14.8. The number of rotatable bonds is 18. The number of likely N-dealkylation sites (N-methyl/N-ethyl adjacent to an activating group) is 1. The molecule has 6 N–H and O–H groups in total. The molecule has 0 bridgehead atoms. The summed E-state index contributed by atoms with van der Waals surface area (Å²) in [6, 6.07) is 0.653. The minimum atomic E-state index is -1.16. The van der Waals surface area contributed by atoms with Crippen molar-refractivity contribution < 1.29 is 25.2 Å². The van der Waals surface area contributed by atoms with Gasteiger partial charge in [0.1, 0.15) is 0 Å². The Labute approximate surface area is 189 Å². The summed E-state index contributed by atoms with van der Waals surface area (Å²) in [7, 11) is 0. The molecule has 31 heavy (non-hydrogen) atoms. The van der Waals surface area contributed by atoms with E-state index in [1.54, 1.807) is 0 Å². The van der Waals surface area contributed by atoms with Crippen LogP contribution in [0.25, 0.3) is 0 Å². The van der Waals surface area contributed by atoms with Crippen LogP contribution in [0.4, 0.5) is 0 Å². The lowest BCUT2D eigenvalue weighted by Crippen LogP contribution is -2.48. The Bertz CT molecular complexity index is 479. The number of aliphatic hydroxyl groups is 3. The van der Waals surface area contributed by atoms with Gasteiger partial charge in [0.25, 0.3) is 0 Å².